The molecule has 2 rings (SSSR count). The minimum atomic E-state index is -0.0529. The summed E-state index contributed by atoms with van der Waals surface area (Å²) in [7, 11) is 0. The van der Waals surface area contributed by atoms with Crippen LogP contribution in [0.1, 0.15) is 17.8 Å². The van der Waals surface area contributed by atoms with E-state index in [1.807, 2.05) is 19.1 Å². The average molecular weight is 313 g/mol. The van der Waals surface area contributed by atoms with E-state index in [0.717, 1.165) is 20.8 Å². The van der Waals surface area contributed by atoms with Crippen LogP contribution in [0.5, 0.6) is 0 Å². The first-order valence-electron chi connectivity index (χ1n) is 5.03. The maximum atomic E-state index is 11.8. The number of carbonyl (C=O) groups excluding carboxylic acids is 1. The summed E-state index contributed by atoms with van der Waals surface area (Å²) in [6.45, 7) is 1.97. The van der Waals surface area contributed by atoms with Crippen LogP contribution in [0, 0.1) is 0 Å². The fraction of sp³-hybridized carbons (Fsp3) is 0.500. The lowest BCUT2D eigenvalue weighted by Crippen LogP contribution is -2.42. The lowest BCUT2D eigenvalue weighted by molar-refractivity contribution is -0.123. The van der Waals surface area contributed by atoms with Gasteiger partial charge in [0.2, 0.25) is 5.91 Å². The topological polar surface area (TPSA) is 41.1 Å². The average Bonchev–Trinajstić information content (AvgIpc) is 2.87. The van der Waals surface area contributed by atoms with Gasteiger partial charge in [0.25, 0.3) is 0 Å². The van der Waals surface area contributed by atoms with E-state index >= 15 is 0 Å². The Labute approximate surface area is 120 Å². The quantitative estimate of drug-likeness (QED) is 0.901. The lowest BCUT2D eigenvalue weighted by Gasteiger charge is -2.15. The van der Waals surface area contributed by atoms with E-state index in [-0.39, 0.29) is 30.4 Å². The first kappa shape index (κ1) is 15.1. The normalized spacial score (nSPS) is 20.7. The molecule has 1 aromatic rings. The fourth-order valence-electron chi connectivity index (χ4n) is 1.51. The van der Waals surface area contributed by atoms with E-state index in [9.17, 15) is 4.79 Å². The fourth-order valence-corrected chi connectivity index (χ4v) is 3.51. The van der Waals surface area contributed by atoms with Crippen LogP contribution in [0.3, 0.4) is 0 Å². The van der Waals surface area contributed by atoms with Crippen molar-refractivity contribution in [3.63, 3.8) is 0 Å². The van der Waals surface area contributed by atoms with Gasteiger partial charge in [0.05, 0.1) is 16.4 Å². The van der Waals surface area contributed by atoms with Gasteiger partial charge in [-0.3, -0.25) is 10.1 Å². The third-order valence-electron chi connectivity index (χ3n) is 2.41. The van der Waals surface area contributed by atoms with Crippen molar-refractivity contribution in [1.29, 1.82) is 0 Å². The Balaban J connectivity index is 0.00000144. The van der Waals surface area contributed by atoms with Gasteiger partial charge in [0.15, 0.2) is 0 Å². The second-order valence-corrected chi connectivity index (χ2v) is 6.42. The molecule has 0 bridgehead atoms. The summed E-state index contributed by atoms with van der Waals surface area (Å²) in [5.41, 5.74) is 0. The molecule has 1 amide bonds. The van der Waals surface area contributed by atoms with E-state index in [1.54, 1.807) is 11.8 Å². The number of thiophene rings is 1. The van der Waals surface area contributed by atoms with Crippen LogP contribution in [-0.4, -0.2) is 23.6 Å². The Kier molecular flexibility index (Phi) is 6.09. The van der Waals surface area contributed by atoms with Crippen molar-refractivity contribution < 1.29 is 4.79 Å². The lowest BCUT2D eigenvalue weighted by atomic mass is 10.2. The molecule has 96 valence electrons. The molecule has 7 heteroatoms. The predicted molar refractivity (Wildman–Crippen MR) is 77.4 cm³/mol. The van der Waals surface area contributed by atoms with Crippen LogP contribution in [-0.2, 0) is 4.79 Å². The van der Waals surface area contributed by atoms with Gasteiger partial charge in [-0.15, -0.1) is 35.5 Å². The predicted octanol–water partition coefficient (Wildman–Crippen LogP) is 2.66. The molecule has 0 saturated carbocycles. The van der Waals surface area contributed by atoms with Crippen LogP contribution in [0.4, 0.5) is 0 Å². The minimum Gasteiger partial charge on any atom is -0.347 e. The first-order chi connectivity index (χ1) is 7.66. The summed E-state index contributed by atoms with van der Waals surface area (Å²) >= 11 is 9.11. The number of thioether (sulfide) groups is 1. The third-order valence-corrected chi connectivity index (χ3v) is 4.77. The van der Waals surface area contributed by atoms with Crippen molar-refractivity contribution in [3.05, 3.63) is 21.3 Å². The molecule has 2 N–H and O–H groups in total. The summed E-state index contributed by atoms with van der Waals surface area (Å²) in [6.07, 6.45) is 0. The molecule has 3 nitrogen and oxygen atoms in total. The highest BCUT2D eigenvalue weighted by Gasteiger charge is 2.24. The Morgan fingerprint density at radius 1 is 1.65 bits per heavy atom. The molecule has 1 aliphatic rings. The standard InChI is InChI=1S/C10H13ClN2OS2.ClH/c1-6(8-2-3-9(11)16-8)13-10(14)7-4-15-5-12-7;/h2-3,6-7,12H,4-5H2,1H3,(H,13,14);1H. The van der Waals surface area contributed by atoms with Crippen molar-refractivity contribution in [2.75, 3.05) is 11.6 Å². The molecule has 1 aliphatic heterocycles. The second-order valence-electron chi connectivity index (χ2n) is 3.64. The van der Waals surface area contributed by atoms with E-state index in [0.29, 0.717) is 0 Å². The van der Waals surface area contributed by atoms with Gasteiger partial charge in [-0.1, -0.05) is 11.6 Å². The molecule has 17 heavy (non-hydrogen) atoms. The zero-order chi connectivity index (χ0) is 11.5. The number of halogens is 2. The number of nitrogens with one attached hydrogen (secondary N) is 2. The molecule has 0 radical (unpaired) electrons. The summed E-state index contributed by atoms with van der Waals surface area (Å²) in [5.74, 6) is 1.78. The van der Waals surface area contributed by atoms with E-state index < -0.39 is 0 Å². The third kappa shape index (κ3) is 4.03. The highest BCUT2D eigenvalue weighted by atomic mass is 35.5. The van der Waals surface area contributed by atoms with Crippen LogP contribution < -0.4 is 10.6 Å². The van der Waals surface area contributed by atoms with Gasteiger partial charge < -0.3 is 5.32 Å². The number of hydrogen-bond donors (Lipinski definition) is 2. The van der Waals surface area contributed by atoms with Crippen molar-refractivity contribution in [3.8, 4) is 0 Å². The van der Waals surface area contributed by atoms with E-state index in [4.69, 9.17) is 11.6 Å². The number of amides is 1. The van der Waals surface area contributed by atoms with Crippen molar-refractivity contribution in [1.82, 2.24) is 10.6 Å². The molecular formula is C10H14Cl2N2OS2. The summed E-state index contributed by atoms with van der Waals surface area (Å²) < 4.78 is 0.755. The summed E-state index contributed by atoms with van der Waals surface area (Å²) in [6, 6.07) is 3.78. The van der Waals surface area contributed by atoms with Crippen molar-refractivity contribution in [2.24, 2.45) is 0 Å². The molecule has 1 saturated heterocycles. The molecule has 2 atom stereocenters. The summed E-state index contributed by atoms with van der Waals surface area (Å²) in [4.78, 5) is 12.9. The zero-order valence-corrected chi connectivity index (χ0v) is 12.4. The highest BCUT2D eigenvalue weighted by Crippen LogP contribution is 2.26. The summed E-state index contributed by atoms with van der Waals surface area (Å²) in [5, 5.41) is 6.14. The van der Waals surface area contributed by atoms with Crippen molar-refractivity contribution >= 4 is 53.0 Å². The van der Waals surface area contributed by atoms with Crippen LogP contribution >= 0.6 is 47.1 Å². The first-order valence-corrected chi connectivity index (χ1v) is 7.38. The Morgan fingerprint density at radius 3 is 2.94 bits per heavy atom. The number of hydrogen-bond acceptors (Lipinski definition) is 4. The Bertz CT molecular complexity index is 380. The maximum Gasteiger partial charge on any atom is 0.238 e. The molecule has 2 heterocycles. The molecule has 1 fully saturated rings. The molecule has 0 aliphatic carbocycles. The number of carbonyl (C=O) groups is 1. The SMILES string of the molecule is CC(NC(=O)C1CSCN1)c1ccc(Cl)s1.Cl. The Morgan fingerprint density at radius 2 is 2.41 bits per heavy atom. The monoisotopic (exact) mass is 312 g/mol. The largest absolute Gasteiger partial charge is 0.347 e. The Hall–Kier alpha value is 0.0600. The molecular weight excluding hydrogens is 299 g/mol. The van der Waals surface area contributed by atoms with Crippen molar-refractivity contribution in [2.45, 2.75) is 19.0 Å². The number of rotatable bonds is 3. The second kappa shape index (κ2) is 6.85. The molecule has 0 spiro atoms. The van der Waals surface area contributed by atoms with E-state index in [1.165, 1.54) is 11.3 Å². The van der Waals surface area contributed by atoms with E-state index in [2.05, 4.69) is 10.6 Å². The van der Waals surface area contributed by atoms with Gasteiger partial charge in [-0.2, -0.15) is 0 Å². The highest BCUT2D eigenvalue weighted by molar-refractivity contribution is 7.99. The van der Waals surface area contributed by atoms with Gasteiger partial charge in [-0.05, 0) is 19.1 Å². The smallest absolute Gasteiger partial charge is 0.238 e. The van der Waals surface area contributed by atoms with Gasteiger partial charge >= 0.3 is 0 Å². The zero-order valence-electron chi connectivity index (χ0n) is 9.23. The molecule has 0 aromatic carbocycles. The molecule has 2 unspecified atom stereocenters. The maximum absolute atomic E-state index is 11.8. The minimum absolute atomic E-state index is 0. The van der Waals surface area contributed by atoms with Crippen LogP contribution in [0.25, 0.3) is 0 Å². The van der Waals surface area contributed by atoms with Gasteiger partial charge in [-0.25, -0.2) is 0 Å². The van der Waals surface area contributed by atoms with Crippen LogP contribution in [0.2, 0.25) is 4.34 Å². The van der Waals surface area contributed by atoms with Crippen LogP contribution in [0.15, 0.2) is 12.1 Å². The molecule has 1 aromatic heterocycles. The van der Waals surface area contributed by atoms with Gasteiger partial charge in [0.1, 0.15) is 0 Å². The van der Waals surface area contributed by atoms with Gasteiger partial charge in [0, 0.05) is 16.5 Å².